The van der Waals surface area contributed by atoms with Gasteiger partial charge in [-0.05, 0) is 44.9 Å². The second-order valence-electron chi connectivity index (χ2n) is 4.87. The third-order valence-electron chi connectivity index (χ3n) is 3.26. The highest BCUT2D eigenvalue weighted by molar-refractivity contribution is 4.86. The van der Waals surface area contributed by atoms with Crippen molar-refractivity contribution in [1.29, 1.82) is 0 Å². The Morgan fingerprint density at radius 3 is 2.33 bits per heavy atom. The van der Waals surface area contributed by atoms with Crippen LogP contribution < -0.4 is 5.32 Å². The fraction of sp³-hybridized carbons (Fsp3) is 1.00. The lowest BCUT2D eigenvalue weighted by Crippen LogP contribution is -2.36. The Labute approximate surface area is 75.9 Å². The van der Waals surface area contributed by atoms with Crippen molar-refractivity contribution >= 4 is 0 Å². The Kier molecular flexibility index (Phi) is 2.40. The molecule has 0 spiro atoms. The molecule has 0 heterocycles. The molecule has 2 rings (SSSR count). The van der Waals surface area contributed by atoms with E-state index in [4.69, 9.17) is 0 Å². The molecule has 0 aromatic rings. The topological polar surface area (TPSA) is 12.0 Å². The molecule has 0 aromatic carbocycles. The van der Waals surface area contributed by atoms with Gasteiger partial charge in [-0.25, -0.2) is 0 Å². The molecule has 1 heteroatoms. The van der Waals surface area contributed by atoms with Gasteiger partial charge in [-0.1, -0.05) is 12.8 Å². The molecule has 0 aliphatic heterocycles. The second-order valence-corrected chi connectivity index (χ2v) is 4.87. The maximum absolute atomic E-state index is 3.71. The van der Waals surface area contributed by atoms with Crippen molar-refractivity contribution in [3.63, 3.8) is 0 Å². The Morgan fingerprint density at radius 1 is 1.17 bits per heavy atom. The van der Waals surface area contributed by atoms with Crippen molar-refractivity contribution in [2.75, 3.05) is 0 Å². The summed E-state index contributed by atoms with van der Waals surface area (Å²) in [6, 6.07) is 1.53. The van der Waals surface area contributed by atoms with Gasteiger partial charge in [0, 0.05) is 12.1 Å². The number of rotatable bonds is 5. The number of nitrogens with one attached hydrogen (secondary N) is 1. The van der Waals surface area contributed by atoms with Crippen molar-refractivity contribution in [2.45, 2.75) is 58.0 Å². The Balaban J connectivity index is 1.62. The van der Waals surface area contributed by atoms with E-state index in [0.717, 1.165) is 23.9 Å². The fourth-order valence-electron chi connectivity index (χ4n) is 2.10. The first kappa shape index (κ1) is 8.55. The van der Waals surface area contributed by atoms with Gasteiger partial charge in [0.15, 0.2) is 0 Å². The summed E-state index contributed by atoms with van der Waals surface area (Å²) in [5, 5.41) is 3.71. The SMILES string of the molecule is CC(CC1CC1)NC(C)C1CC1. The molecule has 0 bridgehead atoms. The molecular formula is C11H21N. The zero-order chi connectivity index (χ0) is 8.55. The van der Waals surface area contributed by atoms with Crippen LogP contribution in [0.2, 0.25) is 0 Å². The lowest BCUT2D eigenvalue weighted by atomic mass is 10.1. The minimum atomic E-state index is 0.757. The van der Waals surface area contributed by atoms with E-state index in [0.29, 0.717) is 0 Å². The van der Waals surface area contributed by atoms with Gasteiger partial charge < -0.3 is 5.32 Å². The average molecular weight is 167 g/mol. The van der Waals surface area contributed by atoms with Crippen molar-refractivity contribution in [3.8, 4) is 0 Å². The van der Waals surface area contributed by atoms with E-state index in [1.165, 1.54) is 32.1 Å². The summed E-state index contributed by atoms with van der Waals surface area (Å²) in [5.41, 5.74) is 0. The molecule has 1 nitrogen and oxygen atoms in total. The summed E-state index contributed by atoms with van der Waals surface area (Å²) >= 11 is 0. The summed E-state index contributed by atoms with van der Waals surface area (Å²) in [6.07, 6.45) is 7.32. The Bertz CT molecular complexity index is 147. The molecule has 0 amide bonds. The van der Waals surface area contributed by atoms with Gasteiger partial charge in [-0.3, -0.25) is 0 Å². The number of hydrogen-bond acceptors (Lipinski definition) is 1. The average Bonchev–Trinajstić information content (AvgIpc) is 2.83. The molecule has 12 heavy (non-hydrogen) atoms. The molecule has 2 aliphatic carbocycles. The molecular weight excluding hydrogens is 146 g/mol. The van der Waals surface area contributed by atoms with Gasteiger partial charge in [0.2, 0.25) is 0 Å². The highest BCUT2D eigenvalue weighted by atomic mass is 15.0. The zero-order valence-corrected chi connectivity index (χ0v) is 8.34. The minimum absolute atomic E-state index is 0.757. The normalized spacial score (nSPS) is 28.5. The standard InChI is InChI=1S/C11H21N/c1-8(7-10-3-4-10)12-9(2)11-5-6-11/h8-12H,3-7H2,1-2H3. The van der Waals surface area contributed by atoms with E-state index >= 15 is 0 Å². The molecule has 2 aliphatic rings. The van der Waals surface area contributed by atoms with Crippen LogP contribution in [0.1, 0.15) is 46.0 Å². The molecule has 0 aromatic heterocycles. The van der Waals surface area contributed by atoms with Gasteiger partial charge in [-0.2, -0.15) is 0 Å². The van der Waals surface area contributed by atoms with Crippen LogP contribution in [0.5, 0.6) is 0 Å². The summed E-state index contributed by atoms with van der Waals surface area (Å²) in [7, 11) is 0. The van der Waals surface area contributed by atoms with Crippen LogP contribution in [0.3, 0.4) is 0 Å². The highest BCUT2D eigenvalue weighted by Crippen LogP contribution is 2.35. The highest BCUT2D eigenvalue weighted by Gasteiger charge is 2.30. The van der Waals surface area contributed by atoms with E-state index in [2.05, 4.69) is 19.2 Å². The monoisotopic (exact) mass is 167 g/mol. The van der Waals surface area contributed by atoms with Crippen LogP contribution in [0.15, 0.2) is 0 Å². The van der Waals surface area contributed by atoms with Gasteiger partial charge in [0.25, 0.3) is 0 Å². The third kappa shape index (κ3) is 2.48. The van der Waals surface area contributed by atoms with Crippen LogP contribution in [-0.2, 0) is 0 Å². The first-order valence-electron chi connectivity index (χ1n) is 5.51. The summed E-state index contributed by atoms with van der Waals surface area (Å²) in [4.78, 5) is 0. The lowest BCUT2D eigenvalue weighted by molar-refractivity contribution is 0.403. The van der Waals surface area contributed by atoms with E-state index in [1.807, 2.05) is 0 Å². The Hall–Kier alpha value is -0.0400. The molecule has 2 saturated carbocycles. The fourth-order valence-corrected chi connectivity index (χ4v) is 2.10. The van der Waals surface area contributed by atoms with Crippen molar-refractivity contribution in [2.24, 2.45) is 11.8 Å². The van der Waals surface area contributed by atoms with E-state index in [1.54, 1.807) is 0 Å². The predicted molar refractivity (Wildman–Crippen MR) is 52.1 cm³/mol. The summed E-state index contributed by atoms with van der Waals surface area (Å²) < 4.78 is 0. The lowest BCUT2D eigenvalue weighted by Gasteiger charge is -2.19. The van der Waals surface area contributed by atoms with Crippen LogP contribution in [0.25, 0.3) is 0 Å². The second kappa shape index (κ2) is 3.37. The number of hydrogen-bond donors (Lipinski definition) is 1. The third-order valence-corrected chi connectivity index (χ3v) is 3.26. The van der Waals surface area contributed by atoms with Crippen LogP contribution in [0, 0.1) is 11.8 Å². The van der Waals surface area contributed by atoms with Gasteiger partial charge >= 0.3 is 0 Å². The first-order valence-corrected chi connectivity index (χ1v) is 5.51. The molecule has 0 radical (unpaired) electrons. The van der Waals surface area contributed by atoms with Crippen LogP contribution in [0.4, 0.5) is 0 Å². The van der Waals surface area contributed by atoms with Gasteiger partial charge in [-0.15, -0.1) is 0 Å². The van der Waals surface area contributed by atoms with Gasteiger partial charge in [0.05, 0.1) is 0 Å². The summed E-state index contributed by atoms with van der Waals surface area (Å²) in [5.74, 6) is 2.07. The molecule has 0 saturated heterocycles. The molecule has 2 unspecified atom stereocenters. The molecule has 2 atom stereocenters. The molecule has 1 N–H and O–H groups in total. The van der Waals surface area contributed by atoms with Crippen molar-refractivity contribution < 1.29 is 0 Å². The molecule has 70 valence electrons. The maximum atomic E-state index is 3.71. The Morgan fingerprint density at radius 2 is 1.83 bits per heavy atom. The minimum Gasteiger partial charge on any atom is -0.311 e. The van der Waals surface area contributed by atoms with Crippen molar-refractivity contribution in [1.82, 2.24) is 5.32 Å². The van der Waals surface area contributed by atoms with Gasteiger partial charge in [0.1, 0.15) is 0 Å². The smallest absolute Gasteiger partial charge is 0.00694 e. The first-order chi connectivity index (χ1) is 5.75. The molecule has 2 fully saturated rings. The van der Waals surface area contributed by atoms with Crippen LogP contribution in [-0.4, -0.2) is 12.1 Å². The van der Waals surface area contributed by atoms with E-state index in [-0.39, 0.29) is 0 Å². The zero-order valence-electron chi connectivity index (χ0n) is 8.34. The van der Waals surface area contributed by atoms with E-state index in [9.17, 15) is 0 Å². The predicted octanol–water partition coefficient (Wildman–Crippen LogP) is 2.56. The summed E-state index contributed by atoms with van der Waals surface area (Å²) in [6.45, 7) is 4.69. The van der Waals surface area contributed by atoms with Crippen LogP contribution >= 0.6 is 0 Å². The quantitative estimate of drug-likeness (QED) is 0.663. The maximum Gasteiger partial charge on any atom is 0.00694 e. The largest absolute Gasteiger partial charge is 0.311 e. The van der Waals surface area contributed by atoms with E-state index < -0.39 is 0 Å². The van der Waals surface area contributed by atoms with Crippen molar-refractivity contribution in [3.05, 3.63) is 0 Å².